The van der Waals surface area contributed by atoms with Crippen molar-refractivity contribution in [2.24, 2.45) is 0 Å². The van der Waals surface area contributed by atoms with Crippen molar-refractivity contribution in [2.75, 3.05) is 13.1 Å². The maximum atomic E-state index is 10.3. The molecule has 1 saturated heterocycles. The lowest BCUT2D eigenvalue weighted by atomic mass is 9.88. The molecule has 0 amide bonds. The summed E-state index contributed by atoms with van der Waals surface area (Å²) in [4.78, 5) is 0. The Morgan fingerprint density at radius 1 is 1.29 bits per heavy atom. The fraction of sp³-hybridized carbons (Fsp3) is 0.500. The van der Waals surface area contributed by atoms with E-state index in [0.717, 1.165) is 32.4 Å². The number of benzene rings is 1. The third-order valence-electron chi connectivity index (χ3n) is 2.83. The minimum Gasteiger partial charge on any atom is -0.388 e. The van der Waals surface area contributed by atoms with Gasteiger partial charge in [-0.25, -0.2) is 0 Å². The van der Waals surface area contributed by atoms with Crippen LogP contribution in [0.15, 0.2) is 30.3 Å². The summed E-state index contributed by atoms with van der Waals surface area (Å²) in [5, 5.41) is 13.5. The summed E-state index contributed by atoms with van der Waals surface area (Å²) in [7, 11) is 0. The van der Waals surface area contributed by atoms with E-state index in [2.05, 4.69) is 17.4 Å². The Labute approximate surface area is 85.0 Å². The fourth-order valence-electron chi connectivity index (χ4n) is 2.08. The van der Waals surface area contributed by atoms with Crippen LogP contribution in [0, 0.1) is 0 Å². The van der Waals surface area contributed by atoms with Gasteiger partial charge in [0.2, 0.25) is 0 Å². The summed E-state index contributed by atoms with van der Waals surface area (Å²) in [5.74, 6) is 0. The van der Waals surface area contributed by atoms with Gasteiger partial charge in [-0.1, -0.05) is 30.3 Å². The van der Waals surface area contributed by atoms with Crippen LogP contribution in [-0.4, -0.2) is 23.8 Å². The lowest BCUT2D eigenvalue weighted by Crippen LogP contribution is -2.47. The summed E-state index contributed by atoms with van der Waals surface area (Å²) in [6.45, 7) is 1.76. The van der Waals surface area contributed by atoms with E-state index >= 15 is 0 Å². The zero-order valence-electron chi connectivity index (χ0n) is 8.37. The number of hydrogen-bond donors (Lipinski definition) is 2. The predicted molar refractivity (Wildman–Crippen MR) is 57.2 cm³/mol. The highest BCUT2D eigenvalue weighted by molar-refractivity contribution is 5.17. The Bertz CT molecular complexity index is 278. The van der Waals surface area contributed by atoms with Crippen LogP contribution in [0.5, 0.6) is 0 Å². The first-order valence-corrected chi connectivity index (χ1v) is 5.26. The Kier molecular flexibility index (Phi) is 2.85. The monoisotopic (exact) mass is 191 g/mol. The first-order valence-electron chi connectivity index (χ1n) is 5.26. The van der Waals surface area contributed by atoms with Gasteiger partial charge in [-0.2, -0.15) is 0 Å². The minimum absolute atomic E-state index is 0.528. The molecule has 0 saturated carbocycles. The van der Waals surface area contributed by atoms with Gasteiger partial charge in [-0.15, -0.1) is 0 Å². The first kappa shape index (κ1) is 9.69. The molecule has 1 aliphatic rings. The number of aliphatic hydroxyl groups is 1. The van der Waals surface area contributed by atoms with Gasteiger partial charge in [-0.3, -0.25) is 0 Å². The lowest BCUT2D eigenvalue weighted by Gasteiger charge is -2.32. The predicted octanol–water partition coefficient (Wildman–Crippen LogP) is 1.34. The Hall–Kier alpha value is -0.860. The van der Waals surface area contributed by atoms with Crippen molar-refractivity contribution in [3.63, 3.8) is 0 Å². The molecule has 1 fully saturated rings. The van der Waals surface area contributed by atoms with Crippen LogP contribution in [0.2, 0.25) is 0 Å². The van der Waals surface area contributed by atoms with Crippen LogP contribution in [0.1, 0.15) is 18.4 Å². The summed E-state index contributed by atoms with van der Waals surface area (Å²) in [6, 6.07) is 10.2. The average molecular weight is 191 g/mol. The second-order valence-corrected chi connectivity index (χ2v) is 4.17. The lowest BCUT2D eigenvalue weighted by molar-refractivity contribution is 0.0169. The summed E-state index contributed by atoms with van der Waals surface area (Å²) >= 11 is 0. The molecule has 1 aromatic rings. The second-order valence-electron chi connectivity index (χ2n) is 4.17. The number of rotatable bonds is 2. The maximum Gasteiger partial charge on any atom is 0.0812 e. The molecule has 0 aromatic heterocycles. The Morgan fingerprint density at radius 2 is 2.07 bits per heavy atom. The molecule has 0 bridgehead atoms. The van der Waals surface area contributed by atoms with Crippen molar-refractivity contribution in [3.8, 4) is 0 Å². The fourth-order valence-corrected chi connectivity index (χ4v) is 2.08. The van der Waals surface area contributed by atoms with Crippen molar-refractivity contribution in [3.05, 3.63) is 35.9 Å². The van der Waals surface area contributed by atoms with Crippen LogP contribution >= 0.6 is 0 Å². The van der Waals surface area contributed by atoms with Crippen LogP contribution < -0.4 is 5.32 Å². The highest BCUT2D eigenvalue weighted by atomic mass is 16.3. The quantitative estimate of drug-likeness (QED) is 0.739. The van der Waals surface area contributed by atoms with Crippen LogP contribution in [-0.2, 0) is 6.42 Å². The second kappa shape index (κ2) is 4.11. The highest BCUT2D eigenvalue weighted by Gasteiger charge is 2.28. The van der Waals surface area contributed by atoms with E-state index in [1.807, 2.05) is 18.2 Å². The van der Waals surface area contributed by atoms with Crippen LogP contribution in [0.25, 0.3) is 0 Å². The molecular formula is C12H17NO. The molecule has 2 heteroatoms. The number of hydrogen-bond acceptors (Lipinski definition) is 2. The molecule has 2 N–H and O–H groups in total. The van der Waals surface area contributed by atoms with Gasteiger partial charge >= 0.3 is 0 Å². The highest BCUT2D eigenvalue weighted by Crippen LogP contribution is 2.20. The average Bonchev–Trinajstić information content (AvgIpc) is 2.19. The molecule has 2 rings (SSSR count). The summed E-state index contributed by atoms with van der Waals surface area (Å²) in [5.41, 5.74) is 0.693. The SMILES string of the molecule is O[C@]1(Cc2ccccc2)CCCNC1. The van der Waals surface area contributed by atoms with E-state index in [1.54, 1.807) is 0 Å². The molecular weight excluding hydrogens is 174 g/mol. The summed E-state index contributed by atoms with van der Waals surface area (Å²) < 4.78 is 0. The molecule has 0 spiro atoms. The maximum absolute atomic E-state index is 10.3. The molecule has 0 radical (unpaired) electrons. The molecule has 0 unspecified atom stereocenters. The van der Waals surface area contributed by atoms with Crippen molar-refractivity contribution >= 4 is 0 Å². The molecule has 1 heterocycles. The van der Waals surface area contributed by atoms with Gasteiger partial charge in [0, 0.05) is 13.0 Å². The molecule has 1 aromatic carbocycles. The van der Waals surface area contributed by atoms with E-state index in [-0.39, 0.29) is 0 Å². The number of β-amino-alcohol motifs (C(OH)–C–C–N with tert-alkyl or cyclic N) is 1. The minimum atomic E-state index is -0.528. The molecule has 2 nitrogen and oxygen atoms in total. The van der Waals surface area contributed by atoms with Gasteiger partial charge in [0.1, 0.15) is 0 Å². The van der Waals surface area contributed by atoms with Gasteiger partial charge in [0.25, 0.3) is 0 Å². The third kappa shape index (κ3) is 2.34. The zero-order valence-corrected chi connectivity index (χ0v) is 8.37. The number of nitrogens with one attached hydrogen (secondary N) is 1. The largest absolute Gasteiger partial charge is 0.388 e. The van der Waals surface area contributed by atoms with E-state index in [9.17, 15) is 5.11 Å². The molecule has 14 heavy (non-hydrogen) atoms. The molecule has 0 aliphatic carbocycles. The van der Waals surface area contributed by atoms with Gasteiger partial charge in [-0.05, 0) is 24.9 Å². The van der Waals surface area contributed by atoms with Gasteiger partial charge in [0.05, 0.1) is 5.60 Å². The van der Waals surface area contributed by atoms with Crippen molar-refractivity contribution < 1.29 is 5.11 Å². The molecule has 1 aliphatic heterocycles. The van der Waals surface area contributed by atoms with Crippen molar-refractivity contribution in [1.29, 1.82) is 0 Å². The topological polar surface area (TPSA) is 32.3 Å². The Balaban J connectivity index is 2.02. The normalized spacial score (nSPS) is 27.5. The Morgan fingerprint density at radius 3 is 2.71 bits per heavy atom. The van der Waals surface area contributed by atoms with E-state index in [1.165, 1.54) is 5.56 Å². The first-order chi connectivity index (χ1) is 6.79. The van der Waals surface area contributed by atoms with Gasteiger partial charge in [0.15, 0.2) is 0 Å². The smallest absolute Gasteiger partial charge is 0.0812 e. The van der Waals surface area contributed by atoms with Crippen molar-refractivity contribution in [2.45, 2.75) is 24.9 Å². The van der Waals surface area contributed by atoms with E-state index in [0.29, 0.717) is 0 Å². The van der Waals surface area contributed by atoms with Crippen LogP contribution in [0.4, 0.5) is 0 Å². The third-order valence-corrected chi connectivity index (χ3v) is 2.83. The van der Waals surface area contributed by atoms with E-state index < -0.39 is 5.60 Å². The van der Waals surface area contributed by atoms with E-state index in [4.69, 9.17) is 0 Å². The standard InChI is InChI=1S/C12H17NO/c14-12(7-4-8-13-10-12)9-11-5-2-1-3-6-11/h1-3,5-6,13-14H,4,7-10H2/t12-/m0/s1. The van der Waals surface area contributed by atoms with Crippen molar-refractivity contribution in [1.82, 2.24) is 5.32 Å². The summed E-state index contributed by atoms with van der Waals surface area (Å²) in [6.07, 6.45) is 2.75. The molecule has 1 atom stereocenters. The van der Waals surface area contributed by atoms with Crippen LogP contribution in [0.3, 0.4) is 0 Å². The molecule has 76 valence electrons. The van der Waals surface area contributed by atoms with Gasteiger partial charge < -0.3 is 10.4 Å². The zero-order chi connectivity index (χ0) is 9.86. The number of piperidine rings is 1.